The second-order valence-corrected chi connectivity index (χ2v) is 26.0. The van der Waals surface area contributed by atoms with Crippen molar-refractivity contribution >= 4 is 68.6 Å². The zero-order valence-electron chi connectivity index (χ0n) is 44.8. The van der Waals surface area contributed by atoms with Gasteiger partial charge in [0, 0.05) is 50.8 Å². The number of benzene rings is 7. The Morgan fingerprint density at radius 2 is 0.957 bits per heavy atom. The van der Waals surface area contributed by atoms with Gasteiger partial charge in [0.2, 0.25) is 0 Å². The minimum absolute atomic E-state index is 0.0131. The zero-order chi connectivity index (χ0) is 49.7. The van der Waals surface area contributed by atoms with Crippen molar-refractivity contribution in [2.24, 2.45) is 0 Å². The summed E-state index contributed by atoms with van der Waals surface area (Å²) in [6.07, 6.45) is 3.59. The molecule has 356 valence electrons. The molecule has 4 aliphatic rings. The van der Waals surface area contributed by atoms with Crippen LogP contribution in [0.4, 0.5) is 45.5 Å². The van der Waals surface area contributed by atoms with E-state index in [1.807, 2.05) is 0 Å². The minimum Gasteiger partial charge on any atom is -0.334 e. The SMILES string of the molecule is Cc1cc2c3c(c1)N(c1ccc(C(C)(C)C)cc1-c1ccccc1)c1cc(C(C)(C)C)ccc1B3c1ccc(N3c4ccc(C(C)(C)C)cc4C4(C)CCCC34C)cc1N2c1ccc(C(C)(C)C)cc1. The maximum atomic E-state index is 2.76. The van der Waals surface area contributed by atoms with E-state index in [-0.39, 0.29) is 39.3 Å². The van der Waals surface area contributed by atoms with Crippen molar-refractivity contribution in [2.45, 2.75) is 156 Å². The number of hydrogen-bond donors (Lipinski definition) is 0. The molecule has 3 heterocycles. The fourth-order valence-electron chi connectivity index (χ4n) is 12.9. The Labute approximate surface area is 421 Å². The van der Waals surface area contributed by atoms with Crippen LogP contribution in [-0.4, -0.2) is 12.3 Å². The van der Waals surface area contributed by atoms with E-state index < -0.39 is 0 Å². The quantitative estimate of drug-likeness (QED) is 0.163. The normalized spacial score (nSPS) is 19.5. The summed E-state index contributed by atoms with van der Waals surface area (Å²) >= 11 is 0. The number of fused-ring (bicyclic) bond motifs is 7. The molecule has 70 heavy (non-hydrogen) atoms. The van der Waals surface area contributed by atoms with Gasteiger partial charge in [0.15, 0.2) is 0 Å². The van der Waals surface area contributed by atoms with E-state index in [0.717, 1.165) is 6.42 Å². The predicted octanol–water partition coefficient (Wildman–Crippen LogP) is 16.3. The van der Waals surface area contributed by atoms with Crippen LogP contribution in [0.5, 0.6) is 0 Å². The fraction of sp³-hybridized carbons (Fsp3) is 0.364. The van der Waals surface area contributed by atoms with Crippen molar-refractivity contribution in [3.8, 4) is 11.1 Å². The monoisotopic (exact) mass is 920 g/mol. The first kappa shape index (κ1) is 46.4. The third-order valence-corrected chi connectivity index (χ3v) is 17.2. The van der Waals surface area contributed by atoms with Crippen LogP contribution in [-0.2, 0) is 27.1 Å². The van der Waals surface area contributed by atoms with Crippen LogP contribution in [0.3, 0.4) is 0 Å². The van der Waals surface area contributed by atoms with Gasteiger partial charge in [-0.2, -0.15) is 0 Å². The lowest BCUT2D eigenvalue weighted by Crippen LogP contribution is -2.61. The molecule has 3 nitrogen and oxygen atoms in total. The highest BCUT2D eigenvalue weighted by molar-refractivity contribution is 7.00. The van der Waals surface area contributed by atoms with Crippen LogP contribution in [0.15, 0.2) is 140 Å². The van der Waals surface area contributed by atoms with E-state index in [4.69, 9.17) is 0 Å². The van der Waals surface area contributed by atoms with Gasteiger partial charge >= 0.3 is 0 Å². The molecule has 3 aliphatic heterocycles. The molecule has 2 unspecified atom stereocenters. The van der Waals surface area contributed by atoms with E-state index in [0.29, 0.717) is 0 Å². The third-order valence-electron chi connectivity index (χ3n) is 17.2. The summed E-state index contributed by atoms with van der Waals surface area (Å²) in [4.78, 5) is 8.02. The average molecular weight is 920 g/mol. The number of aryl methyl sites for hydroxylation is 1. The molecule has 7 aromatic rings. The third kappa shape index (κ3) is 7.04. The van der Waals surface area contributed by atoms with Crippen LogP contribution in [0.25, 0.3) is 11.1 Å². The zero-order valence-corrected chi connectivity index (χ0v) is 44.8. The van der Waals surface area contributed by atoms with E-state index >= 15 is 0 Å². The van der Waals surface area contributed by atoms with Crippen molar-refractivity contribution in [1.29, 1.82) is 0 Å². The largest absolute Gasteiger partial charge is 0.334 e. The summed E-state index contributed by atoms with van der Waals surface area (Å²) in [5, 5.41) is 0. The number of hydrogen-bond acceptors (Lipinski definition) is 3. The number of nitrogens with zero attached hydrogens (tertiary/aromatic N) is 3. The van der Waals surface area contributed by atoms with Crippen molar-refractivity contribution in [1.82, 2.24) is 0 Å². The predicted molar refractivity (Wildman–Crippen MR) is 304 cm³/mol. The molecular formula is C66H74BN3. The van der Waals surface area contributed by atoms with E-state index in [2.05, 4.69) is 258 Å². The van der Waals surface area contributed by atoms with Gasteiger partial charge in [-0.25, -0.2) is 0 Å². The highest BCUT2D eigenvalue weighted by atomic mass is 15.3. The fourth-order valence-corrected chi connectivity index (χ4v) is 12.9. The molecule has 0 saturated heterocycles. The highest BCUT2D eigenvalue weighted by Crippen LogP contribution is 2.63. The second kappa shape index (κ2) is 15.5. The van der Waals surface area contributed by atoms with E-state index in [1.54, 1.807) is 0 Å². The van der Waals surface area contributed by atoms with Gasteiger partial charge in [0.05, 0.1) is 11.2 Å². The van der Waals surface area contributed by atoms with Gasteiger partial charge in [-0.1, -0.05) is 175 Å². The second-order valence-electron chi connectivity index (χ2n) is 26.0. The lowest BCUT2D eigenvalue weighted by Gasteiger charge is -2.46. The molecule has 0 radical (unpaired) electrons. The Morgan fingerprint density at radius 1 is 0.443 bits per heavy atom. The Hall–Kier alpha value is -6.00. The highest BCUT2D eigenvalue weighted by Gasteiger charge is 2.60. The standard InChI is InChI=1S/C66H74BN3/c1-42-36-58-60-59(37-42)69(54-32-25-45(62(5,6)7)38-50(54)43-20-17-16-18-21-43)56-40-47(64(11,12)13)24-30-52(56)67(60)53-31-29-49(41-57(53)68(58)48-27-22-44(23-28-48)61(2,3)4)70-55-33-26-46(63(8,9)10)39-51(55)65(14)34-19-35-66(65,70)15/h16-18,20-33,36-41H,19,34-35H2,1-15H3. The number of rotatable bonds is 4. The maximum Gasteiger partial charge on any atom is 0.252 e. The molecule has 0 spiro atoms. The molecule has 0 N–H and O–H groups in total. The first-order valence-electron chi connectivity index (χ1n) is 26.2. The van der Waals surface area contributed by atoms with Crippen LogP contribution in [0.2, 0.25) is 0 Å². The van der Waals surface area contributed by atoms with E-state index in [9.17, 15) is 0 Å². The first-order chi connectivity index (χ1) is 32.9. The smallest absolute Gasteiger partial charge is 0.252 e. The van der Waals surface area contributed by atoms with Gasteiger partial charge < -0.3 is 14.7 Å². The summed E-state index contributed by atoms with van der Waals surface area (Å²) in [6, 6.07) is 55.1. The van der Waals surface area contributed by atoms with Gasteiger partial charge in [0.1, 0.15) is 0 Å². The molecule has 0 bridgehead atoms. The van der Waals surface area contributed by atoms with Crippen molar-refractivity contribution in [2.75, 3.05) is 14.7 Å². The molecule has 4 heteroatoms. The van der Waals surface area contributed by atoms with Gasteiger partial charge in [-0.15, -0.1) is 0 Å². The molecule has 0 aromatic heterocycles. The van der Waals surface area contributed by atoms with Gasteiger partial charge in [-0.3, -0.25) is 0 Å². The topological polar surface area (TPSA) is 9.72 Å². The molecular weight excluding hydrogens is 846 g/mol. The van der Waals surface area contributed by atoms with Crippen molar-refractivity contribution in [3.63, 3.8) is 0 Å². The van der Waals surface area contributed by atoms with Crippen molar-refractivity contribution in [3.05, 3.63) is 173 Å². The minimum atomic E-state index is -0.0596. The van der Waals surface area contributed by atoms with Gasteiger partial charge in [-0.05, 0) is 164 Å². The van der Waals surface area contributed by atoms with Crippen LogP contribution < -0.4 is 31.1 Å². The van der Waals surface area contributed by atoms with Crippen molar-refractivity contribution < 1.29 is 0 Å². The Morgan fingerprint density at radius 3 is 1.59 bits per heavy atom. The molecule has 2 atom stereocenters. The first-order valence-corrected chi connectivity index (χ1v) is 26.2. The number of anilines is 8. The Kier molecular flexibility index (Phi) is 10.3. The summed E-state index contributed by atoms with van der Waals surface area (Å²) in [7, 11) is 0. The van der Waals surface area contributed by atoms with E-state index in [1.165, 1.54) is 119 Å². The average Bonchev–Trinajstić information content (AvgIpc) is 3.70. The molecule has 0 amide bonds. The molecule has 1 saturated carbocycles. The van der Waals surface area contributed by atoms with Crippen LogP contribution in [0.1, 0.15) is 150 Å². The molecule has 1 aliphatic carbocycles. The van der Waals surface area contributed by atoms with Crippen LogP contribution >= 0.6 is 0 Å². The van der Waals surface area contributed by atoms with Crippen LogP contribution in [0, 0.1) is 6.92 Å². The molecule has 7 aromatic carbocycles. The summed E-state index contributed by atoms with van der Waals surface area (Å²) in [6.45, 7) is 35.5. The lowest BCUT2D eigenvalue weighted by atomic mass is 9.33. The summed E-state index contributed by atoms with van der Waals surface area (Å²) in [5.74, 6) is 0. The Balaban J connectivity index is 1.20. The molecule has 1 fully saturated rings. The summed E-state index contributed by atoms with van der Waals surface area (Å²) < 4.78 is 0. The van der Waals surface area contributed by atoms with Gasteiger partial charge in [0.25, 0.3) is 6.71 Å². The Bertz CT molecular complexity index is 3230. The lowest BCUT2D eigenvalue weighted by molar-refractivity contribution is 0.330. The molecule has 11 rings (SSSR count). The maximum absolute atomic E-state index is 2.76. The summed E-state index contributed by atoms with van der Waals surface area (Å²) in [5.41, 5.74) is 24.8.